The van der Waals surface area contributed by atoms with Gasteiger partial charge in [-0.25, -0.2) is 0 Å². The normalized spacial score (nSPS) is 19.7. The number of rotatable bonds is 7. The molecule has 106 valence electrons. The zero-order valence-corrected chi connectivity index (χ0v) is 12.7. The van der Waals surface area contributed by atoms with Crippen LogP contribution in [0, 0.1) is 0 Å². The van der Waals surface area contributed by atoms with Crippen LogP contribution in [0.2, 0.25) is 0 Å². The van der Waals surface area contributed by atoms with Gasteiger partial charge < -0.3 is 4.74 Å². The maximum atomic E-state index is 12.0. The van der Waals surface area contributed by atoms with Gasteiger partial charge in [-0.15, -0.1) is 0 Å². The molecule has 0 radical (unpaired) electrons. The van der Waals surface area contributed by atoms with Gasteiger partial charge in [0.25, 0.3) is 0 Å². The monoisotopic (exact) mass is 256 g/mol. The molecule has 0 aromatic carbocycles. The molecule has 0 bridgehead atoms. The summed E-state index contributed by atoms with van der Waals surface area (Å²) < 4.78 is 4.96. The predicted octanol–water partition coefficient (Wildman–Crippen LogP) is 1.79. The van der Waals surface area contributed by atoms with Crippen LogP contribution in [-0.2, 0) is 9.53 Å². The first-order chi connectivity index (χ1) is 8.25. The number of hydrogen-bond donors (Lipinski definition) is 1. The smallest absolute Gasteiger partial charge is 0.327 e. The summed E-state index contributed by atoms with van der Waals surface area (Å²) in [6, 6.07) is 0.479. The Morgan fingerprint density at radius 1 is 1.39 bits per heavy atom. The lowest BCUT2D eigenvalue weighted by molar-refractivity contribution is -0.149. The quantitative estimate of drug-likeness (QED) is 0.705. The summed E-state index contributed by atoms with van der Waals surface area (Å²) in [6.07, 6.45) is 3.37. The van der Waals surface area contributed by atoms with Crippen molar-refractivity contribution in [3.63, 3.8) is 0 Å². The van der Waals surface area contributed by atoms with Gasteiger partial charge in [0.1, 0.15) is 5.54 Å². The van der Waals surface area contributed by atoms with Crippen molar-refractivity contribution in [2.24, 2.45) is 0 Å². The number of nitrogens with zero attached hydrogens (tertiary/aromatic N) is 1. The Labute approximate surface area is 111 Å². The van der Waals surface area contributed by atoms with Gasteiger partial charge in [-0.05, 0) is 47.1 Å². The molecule has 1 fully saturated rings. The summed E-state index contributed by atoms with van der Waals surface area (Å²) >= 11 is 0. The van der Waals surface area contributed by atoms with E-state index in [-0.39, 0.29) is 11.5 Å². The third-order valence-corrected chi connectivity index (χ3v) is 4.19. The number of likely N-dealkylation sites (N-methyl/N-ethyl adjacent to an activating group) is 1. The Hall–Kier alpha value is -0.610. The molecule has 0 amide bonds. The Morgan fingerprint density at radius 3 is 2.33 bits per heavy atom. The van der Waals surface area contributed by atoms with Gasteiger partial charge in [0.05, 0.1) is 7.11 Å². The second-order valence-electron chi connectivity index (χ2n) is 6.26. The van der Waals surface area contributed by atoms with Crippen molar-refractivity contribution in [3.8, 4) is 0 Å². The highest BCUT2D eigenvalue weighted by atomic mass is 16.5. The summed E-state index contributed by atoms with van der Waals surface area (Å²) in [5.41, 5.74) is -0.530. The van der Waals surface area contributed by atoms with Crippen LogP contribution in [0.25, 0.3) is 0 Å². The second-order valence-corrected chi connectivity index (χ2v) is 6.26. The fourth-order valence-electron chi connectivity index (χ4n) is 2.03. The second kappa shape index (κ2) is 5.57. The van der Waals surface area contributed by atoms with E-state index in [1.54, 1.807) is 0 Å². The van der Waals surface area contributed by atoms with Crippen LogP contribution in [0.3, 0.4) is 0 Å². The van der Waals surface area contributed by atoms with Crippen LogP contribution >= 0.6 is 0 Å². The van der Waals surface area contributed by atoms with Gasteiger partial charge in [-0.2, -0.15) is 0 Å². The standard InChI is InChI=1S/C14H28N2O2/c1-7-13(2,3)16(5)10-14(4,12(17)18-6)15-11-8-9-11/h11,15H,7-10H2,1-6H3. The minimum absolute atomic E-state index is 0.0838. The molecule has 1 unspecified atom stereocenters. The number of carbonyl (C=O) groups excluding carboxylic acids is 1. The SMILES string of the molecule is CCC(C)(C)N(C)CC(C)(NC1CC1)C(=O)OC. The van der Waals surface area contributed by atoms with E-state index in [1.807, 2.05) is 6.92 Å². The van der Waals surface area contributed by atoms with E-state index in [0.717, 1.165) is 19.3 Å². The van der Waals surface area contributed by atoms with Crippen molar-refractivity contribution < 1.29 is 9.53 Å². The molecule has 4 nitrogen and oxygen atoms in total. The van der Waals surface area contributed by atoms with E-state index in [4.69, 9.17) is 4.74 Å². The summed E-state index contributed by atoms with van der Waals surface area (Å²) in [6.45, 7) is 9.17. The van der Waals surface area contributed by atoms with Crippen LogP contribution in [0.4, 0.5) is 0 Å². The Balaban J connectivity index is 2.74. The third kappa shape index (κ3) is 3.69. The number of esters is 1. The van der Waals surface area contributed by atoms with Crippen LogP contribution in [0.15, 0.2) is 0 Å². The Kier molecular flexibility index (Phi) is 4.78. The summed E-state index contributed by atoms with van der Waals surface area (Å²) in [5.74, 6) is -0.173. The van der Waals surface area contributed by atoms with Crippen LogP contribution < -0.4 is 5.32 Å². The van der Waals surface area contributed by atoms with E-state index in [9.17, 15) is 4.79 Å². The van der Waals surface area contributed by atoms with E-state index in [0.29, 0.717) is 12.6 Å². The topological polar surface area (TPSA) is 41.6 Å². The number of methoxy groups -OCH3 is 1. The molecule has 0 spiro atoms. The lowest BCUT2D eigenvalue weighted by Gasteiger charge is -2.40. The average molecular weight is 256 g/mol. The number of carbonyl (C=O) groups is 1. The van der Waals surface area contributed by atoms with Gasteiger partial charge >= 0.3 is 5.97 Å². The number of nitrogens with one attached hydrogen (secondary N) is 1. The van der Waals surface area contributed by atoms with Crippen molar-refractivity contribution in [3.05, 3.63) is 0 Å². The van der Waals surface area contributed by atoms with Gasteiger partial charge in [0.15, 0.2) is 0 Å². The predicted molar refractivity (Wildman–Crippen MR) is 73.6 cm³/mol. The van der Waals surface area contributed by atoms with Gasteiger partial charge in [0.2, 0.25) is 0 Å². The molecule has 0 aliphatic heterocycles. The molecule has 1 rings (SSSR count). The van der Waals surface area contributed by atoms with Crippen molar-refractivity contribution >= 4 is 5.97 Å². The first kappa shape index (κ1) is 15.4. The highest BCUT2D eigenvalue weighted by Gasteiger charge is 2.41. The Bertz CT molecular complexity index is 300. The zero-order chi connectivity index (χ0) is 14.0. The zero-order valence-electron chi connectivity index (χ0n) is 12.7. The van der Waals surface area contributed by atoms with E-state index < -0.39 is 5.54 Å². The third-order valence-electron chi connectivity index (χ3n) is 4.19. The summed E-state index contributed by atoms with van der Waals surface area (Å²) in [4.78, 5) is 14.3. The van der Waals surface area contributed by atoms with Gasteiger partial charge in [-0.1, -0.05) is 6.92 Å². The number of ether oxygens (including phenoxy) is 1. The van der Waals surface area contributed by atoms with Crippen molar-refractivity contribution in [1.29, 1.82) is 0 Å². The maximum absolute atomic E-state index is 12.0. The molecule has 1 N–H and O–H groups in total. The van der Waals surface area contributed by atoms with Crippen LogP contribution in [0.1, 0.15) is 47.0 Å². The van der Waals surface area contributed by atoms with Crippen molar-refractivity contribution in [2.45, 2.75) is 64.1 Å². The minimum Gasteiger partial charge on any atom is -0.468 e. The largest absolute Gasteiger partial charge is 0.468 e. The van der Waals surface area contributed by atoms with Crippen LogP contribution in [-0.4, -0.2) is 48.7 Å². The molecule has 1 atom stereocenters. The Morgan fingerprint density at radius 2 is 1.94 bits per heavy atom. The van der Waals surface area contributed by atoms with Crippen molar-refractivity contribution in [1.82, 2.24) is 10.2 Å². The molecule has 0 aromatic heterocycles. The average Bonchev–Trinajstić information content (AvgIpc) is 3.11. The maximum Gasteiger partial charge on any atom is 0.327 e. The number of hydrogen-bond acceptors (Lipinski definition) is 4. The summed E-state index contributed by atoms with van der Waals surface area (Å²) in [5, 5.41) is 3.43. The van der Waals surface area contributed by atoms with Gasteiger partial charge in [0, 0.05) is 18.1 Å². The first-order valence-electron chi connectivity index (χ1n) is 6.82. The highest BCUT2D eigenvalue weighted by Crippen LogP contribution is 2.25. The highest BCUT2D eigenvalue weighted by molar-refractivity contribution is 5.80. The molecule has 1 aliphatic rings. The molecular formula is C14H28N2O2. The first-order valence-corrected chi connectivity index (χ1v) is 6.82. The van der Waals surface area contributed by atoms with Crippen molar-refractivity contribution in [2.75, 3.05) is 20.7 Å². The fourth-order valence-corrected chi connectivity index (χ4v) is 2.03. The van der Waals surface area contributed by atoms with Gasteiger partial charge in [-0.3, -0.25) is 15.0 Å². The molecule has 4 heteroatoms. The molecule has 18 heavy (non-hydrogen) atoms. The fraction of sp³-hybridized carbons (Fsp3) is 0.929. The molecule has 0 heterocycles. The van der Waals surface area contributed by atoms with E-state index in [1.165, 1.54) is 7.11 Å². The lowest BCUT2D eigenvalue weighted by atomic mass is 9.95. The molecule has 0 saturated heterocycles. The minimum atomic E-state index is -0.614. The van der Waals surface area contributed by atoms with E-state index in [2.05, 4.69) is 38.0 Å². The molecular weight excluding hydrogens is 228 g/mol. The molecule has 1 aliphatic carbocycles. The molecule has 0 aromatic rings. The van der Waals surface area contributed by atoms with E-state index >= 15 is 0 Å². The summed E-state index contributed by atoms with van der Waals surface area (Å²) in [7, 11) is 3.53. The molecule has 1 saturated carbocycles. The van der Waals surface area contributed by atoms with Crippen LogP contribution in [0.5, 0.6) is 0 Å². The lowest BCUT2D eigenvalue weighted by Crippen LogP contribution is -2.60.